The molecule has 0 aliphatic carbocycles. The molecule has 0 saturated carbocycles. The van der Waals surface area contributed by atoms with Crippen LogP contribution in [0.4, 0.5) is 0 Å². The summed E-state index contributed by atoms with van der Waals surface area (Å²) in [5.41, 5.74) is 0. The topological polar surface area (TPSA) is 35.5 Å². The van der Waals surface area contributed by atoms with E-state index in [1.54, 1.807) is 0 Å². The van der Waals surface area contributed by atoms with Crippen LogP contribution in [-0.4, -0.2) is 47.8 Å². The van der Waals surface area contributed by atoms with Gasteiger partial charge in [-0.25, -0.2) is 0 Å². The van der Waals surface area contributed by atoms with Gasteiger partial charge in [0.25, 0.3) is 0 Å². The molecule has 1 rings (SSSR count). The lowest BCUT2D eigenvalue weighted by Gasteiger charge is -2.20. The van der Waals surface area contributed by atoms with Gasteiger partial charge in [-0.3, -0.25) is 4.90 Å². The maximum Gasteiger partial charge on any atom is 0.0636 e. The third-order valence-corrected chi connectivity index (χ3v) is 2.65. The van der Waals surface area contributed by atoms with E-state index in [1.807, 2.05) is 6.92 Å². The van der Waals surface area contributed by atoms with Gasteiger partial charge in [-0.2, -0.15) is 0 Å². The Balaban J connectivity index is 2.17. The van der Waals surface area contributed by atoms with Crippen molar-refractivity contribution in [2.45, 2.75) is 45.4 Å². The Labute approximate surface area is 81.1 Å². The molecule has 1 heterocycles. The standard InChI is InChI=1S/C10H22N2O/c1-8(2)12-5-4-10(7-12)11-6-9(3)13/h8-11,13H,4-7H2,1-3H3/t9-,10?/m1/s1. The van der Waals surface area contributed by atoms with Crippen LogP contribution in [0, 0.1) is 0 Å². The molecule has 0 aromatic rings. The number of nitrogens with zero attached hydrogens (tertiary/aromatic N) is 1. The summed E-state index contributed by atoms with van der Waals surface area (Å²) in [5, 5.41) is 12.5. The molecule has 1 saturated heterocycles. The number of hydrogen-bond acceptors (Lipinski definition) is 3. The first-order valence-electron chi connectivity index (χ1n) is 5.25. The average molecular weight is 186 g/mol. The maximum atomic E-state index is 9.11. The predicted molar refractivity (Wildman–Crippen MR) is 54.8 cm³/mol. The number of aliphatic hydroxyl groups is 1. The average Bonchev–Trinajstić information content (AvgIpc) is 2.48. The van der Waals surface area contributed by atoms with Gasteiger partial charge in [0.2, 0.25) is 0 Å². The summed E-state index contributed by atoms with van der Waals surface area (Å²) in [6.45, 7) is 9.33. The Morgan fingerprint density at radius 2 is 2.15 bits per heavy atom. The van der Waals surface area contributed by atoms with E-state index in [2.05, 4.69) is 24.1 Å². The number of nitrogens with one attached hydrogen (secondary N) is 1. The van der Waals surface area contributed by atoms with E-state index >= 15 is 0 Å². The first-order chi connectivity index (χ1) is 6.09. The Hall–Kier alpha value is -0.120. The minimum Gasteiger partial charge on any atom is -0.392 e. The van der Waals surface area contributed by atoms with Crippen molar-refractivity contribution in [3.63, 3.8) is 0 Å². The lowest BCUT2D eigenvalue weighted by molar-refractivity contribution is 0.184. The molecule has 78 valence electrons. The lowest BCUT2D eigenvalue weighted by atomic mass is 10.2. The van der Waals surface area contributed by atoms with Crippen molar-refractivity contribution in [2.24, 2.45) is 0 Å². The van der Waals surface area contributed by atoms with E-state index in [1.165, 1.54) is 13.0 Å². The molecule has 1 aliphatic heterocycles. The molecule has 0 radical (unpaired) electrons. The van der Waals surface area contributed by atoms with Gasteiger partial charge in [0, 0.05) is 25.2 Å². The van der Waals surface area contributed by atoms with Crippen molar-refractivity contribution in [2.75, 3.05) is 19.6 Å². The van der Waals surface area contributed by atoms with Crippen molar-refractivity contribution >= 4 is 0 Å². The third-order valence-electron chi connectivity index (χ3n) is 2.65. The minimum absolute atomic E-state index is 0.229. The Kier molecular flexibility index (Phi) is 4.16. The van der Waals surface area contributed by atoms with E-state index in [0.29, 0.717) is 12.1 Å². The van der Waals surface area contributed by atoms with Crippen LogP contribution >= 0.6 is 0 Å². The highest BCUT2D eigenvalue weighted by Crippen LogP contribution is 2.11. The van der Waals surface area contributed by atoms with Crippen molar-refractivity contribution in [1.29, 1.82) is 0 Å². The first-order valence-corrected chi connectivity index (χ1v) is 5.25. The van der Waals surface area contributed by atoms with Gasteiger partial charge in [-0.1, -0.05) is 0 Å². The normalized spacial score (nSPS) is 27.0. The Morgan fingerprint density at radius 1 is 1.46 bits per heavy atom. The third kappa shape index (κ3) is 3.63. The number of rotatable bonds is 4. The van der Waals surface area contributed by atoms with Gasteiger partial charge >= 0.3 is 0 Å². The molecule has 0 amide bonds. The summed E-state index contributed by atoms with van der Waals surface area (Å²) in [6.07, 6.45) is 0.985. The molecular weight excluding hydrogens is 164 g/mol. The second kappa shape index (κ2) is 4.94. The summed E-state index contributed by atoms with van der Waals surface area (Å²) in [6, 6.07) is 1.23. The number of likely N-dealkylation sites (tertiary alicyclic amines) is 1. The molecule has 3 nitrogen and oxygen atoms in total. The minimum atomic E-state index is -0.229. The molecule has 2 atom stereocenters. The van der Waals surface area contributed by atoms with Crippen molar-refractivity contribution < 1.29 is 5.11 Å². The lowest BCUT2D eigenvalue weighted by Crippen LogP contribution is -2.38. The number of aliphatic hydroxyl groups excluding tert-OH is 1. The molecule has 1 unspecified atom stereocenters. The zero-order chi connectivity index (χ0) is 9.84. The molecule has 2 N–H and O–H groups in total. The van der Waals surface area contributed by atoms with Gasteiger partial charge < -0.3 is 10.4 Å². The van der Waals surface area contributed by atoms with Crippen LogP contribution < -0.4 is 5.32 Å². The van der Waals surface area contributed by atoms with Crippen molar-refractivity contribution in [3.8, 4) is 0 Å². The SMILES string of the molecule is CC(C)N1CCC(NC[C@@H](C)O)C1. The smallest absolute Gasteiger partial charge is 0.0636 e. The fourth-order valence-corrected chi connectivity index (χ4v) is 1.76. The molecule has 0 bridgehead atoms. The van der Waals surface area contributed by atoms with Crippen LogP contribution in [-0.2, 0) is 0 Å². The quantitative estimate of drug-likeness (QED) is 0.669. The zero-order valence-electron chi connectivity index (χ0n) is 8.95. The van der Waals surface area contributed by atoms with Crippen LogP contribution in [0.1, 0.15) is 27.2 Å². The Bertz CT molecular complexity index is 148. The Morgan fingerprint density at radius 3 is 2.62 bits per heavy atom. The van der Waals surface area contributed by atoms with Crippen LogP contribution in [0.3, 0.4) is 0 Å². The highest BCUT2D eigenvalue weighted by Gasteiger charge is 2.23. The molecule has 13 heavy (non-hydrogen) atoms. The summed E-state index contributed by atoms with van der Waals surface area (Å²) in [7, 11) is 0. The fourth-order valence-electron chi connectivity index (χ4n) is 1.76. The molecule has 1 aliphatic rings. The van der Waals surface area contributed by atoms with Crippen LogP contribution in [0.15, 0.2) is 0 Å². The largest absolute Gasteiger partial charge is 0.392 e. The van der Waals surface area contributed by atoms with Gasteiger partial charge in [0.1, 0.15) is 0 Å². The number of hydrogen-bond donors (Lipinski definition) is 2. The van der Waals surface area contributed by atoms with Gasteiger partial charge in [0.05, 0.1) is 6.10 Å². The van der Waals surface area contributed by atoms with Gasteiger partial charge in [-0.15, -0.1) is 0 Å². The van der Waals surface area contributed by atoms with Crippen LogP contribution in [0.5, 0.6) is 0 Å². The van der Waals surface area contributed by atoms with Crippen molar-refractivity contribution in [1.82, 2.24) is 10.2 Å². The maximum absolute atomic E-state index is 9.11. The monoisotopic (exact) mass is 186 g/mol. The second-order valence-corrected chi connectivity index (χ2v) is 4.33. The van der Waals surface area contributed by atoms with Gasteiger partial charge in [-0.05, 0) is 33.7 Å². The summed E-state index contributed by atoms with van der Waals surface area (Å²) >= 11 is 0. The highest BCUT2D eigenvalue weighted by atomic mass is 16.3. The summed E-state index contributed by atoms with van der Waals surface area (Å²) < 4.78 is 0. The van der Waals surface area contributed by atoms with Crippen LogP contribution in [0.2, 0.25) is 0 Å². The molecule has 1 fully saturated rings. The fraction of sp³-hybridized carbons (Fsp3) is 1.00. The molecule has 0 aromatic heterocycles. The molecule has 3 heteroatoms. The van der Waals surface area contributed by atoms with E-state index in [-0.39, 0.29) is 6.10 Å². The van der Waals surface area contributed by atoms with E-state index in [9.17, 15) is 0 Å². The summed E-state index contributed by atoms with van der Waals surface area (Å²) in [5.74, 6) is 0. The zero-order valence-corrected chi connectivity index (χ0v) is 8.95. The molecular formula is C10H22N2O. The van der Waals surface area contributed by atoms with Crippen molar-refractivity contribution in [3.05, 3.63) is 0 Å². The predicted octanol–water partition coefficient (Wildman–Crippen LogP) is 0.439. The van der Waals surface area contributed by atoms with E-state index < -0.39 is 0 Å². The van der Waals surface area contributed by atoms with E-state index in [0.717, 1.165) is 13.1 Å². The molecule has 0 aromatic carbocycles. The van der Waals surface area contributed by atoms with E-state index in [4.69, 9.17) is 5.11 Å². The van der Waals surface area contributed by atoms with Gasteiger partial charge in [0.15, 0.2) is 0 Å². The summed E-state index contributed by atoms with van der Waals surface area (Å²) in [4.78, 5) is 2.47. The highest BCUT2D eigenvalue weighted by molar-refractivity contribution is 4.82. The first kappa shape index (κ1) is 11.0. The second-order valence-electron chi connectivity index (χ2n) is 4.33. The van der Waals surface area contributed by atoms with Crippen LogP contribution in [0.25, 0.3) is 0 Å². The molecule has 0 spiro atoms.